The number of benzene rings is 1. The minimum Gasteiger partial charge on any atom is -0.269 e. The number of nitrogens with zero attached hydrogens (tertiary/aromatic N) is 3. The monoisotopic (exact) mass is 298 g/mol. The molecular formula is C16H18N4O2. The van der Waals surface area contributed by atoms with E-state index in [1.165, 1.54) is 4.90 Å². The average Bonchev–Trinajstić information content (AvgIpc) is 3.12. The highest BCUT2D eigenvalue weighted by atomic mass is 16.2. The molecule has 2 heterocycles. The molecule has 0 unspecified atom stereocenters. The van der Waals surface area contributed by atoms with E-state index in [4.69, 9.17) is 0 Å². The van der Waals surface area contributed by atoms with Gasteiger partial charge in [0.15, 0.2) is 5.82 Å². The van der Waals surface area contributed by atoms with Crippen LogP contribution in [0, 0.1) is 0 Å². The molecule has 1 aliphatic heterocycles. The molecule has 0 spiro atoms. The van der Waals surface area contributed by atoms with Crippen LogP contribution in [0.4, 0.5) is 0 Å². The summed E-state index contributed by atoms with van der Waals surface area (Å²) in [4.78, 5) is 30.6. The van der Waals surface area contributed by atoms with Gasteiger partial charge in [-0.15, -0.1) is 0 Å². The van der Waals surface area contributed by atoms with Gasteiger partial charge in [0.25, 0.3) is 11.8 Å². The Labute approximate surface area is 128 Å². The molecule has 114 valence electrons. The highest BCUT2D eigenvalue weighted by Gasteiger charge is 2.39. The molecule has 0 aliphatic carbocycles. The van der Waals surface area contributed by atoms with Crippen molar-refractivity contribution in [3.63, 3.8) is 0 Å². The van der Waals surface area contributed by atoms with Crippen LogP contribution in [0.5, 0.6) is 0 Å². The van der Waals surface area contributed by atoms with E-state index in [1.54, 1.807) is 31.2 Å². The normalized spacial score (nSPS) is 16.8. The maximum absolute atomic E-state index is 12.5. The summed E-state index contributed by atoms with van der Waals surface area (Å²) in [6, 6.07) is 6.39. The largest absolute Gasteiger partial charge is 0.269 e. The molecule has 0 radical (unpaired) electrons. The molecule has 0 saturated heterocycles. The molecular weight excluding hydrogens is 280 g/mol. The lowest BCUT2D eigenvalue weighted by molar-refractivity contribution is 0.0589. The standard InChI is InChI=1S/C16H18N4O2/c1-4-9(2)13-17-14(19-18-13)10(3)20-15(21)11-7-5-6-8-12(11)16(20)22/h5-10H,4H2,1-3H3,(H,17,18,19)/t9-,10-/m1/s1. The van der Waals surface area contributed by atoms with Crippen LogP contribution in [-0.2, 0) is 0 Å². The number of hydrogen-bond donors (Lipinski definition) is 1. The average molecular weight is 298 g/mol. The number of fused-ring (bicyclic) bond motifs is 1. The number of aromatic amines is 1. The first-order chi connectivity index (χ1) is 10.5. The van der Waals surface area contributed by atoms with E-state index >= 15 is 0 Å². The minimum atomic E-state index is -0.474. The number of carbonyl (C=O) groups is 2. The Morgan fingerprint density at radius 3 is 2.27 bits per heavy atom. The molecule has 22 heavy (non-hydrogen) atoms. The number of H-pyrrole nitrogens is 1. The van der Waals surface area contributed by atoms with Gasteiger partial charge in [0.1, 0.15) is 5.82 Å². The second-order valence-electron chi connectivity index (χ2n) is 5.59. The van der Waals surface area contributed by atoms with E-state index in [2.05, 4.69) is 22.1 Å². The second kappa shape index (κ2) is 5.36. The van der Waals surface area contributed by atoms with Gasteiger partial charge >= 0.3 is 0 Å². The van der Waals surface area contributed by atoms with Crippen LogP contribution in [0.25, 0.3) is 0 Å². The van der Waals surface area contributed by atoms with Gasteiger partial charge < -0.3 is 0 Å². The number of carbonyl (C=O) groups excluding carboxylic acids is 2. The van der Waals surface area contributed by atoms with E-state index in [1.807, 2.05) is 6.92 Å². The van der Waals surface area contributed by atoms with Gasteiger partial charge in [-0.25, -0.2) is 4.98 Å². The Kier molecular flexibility index (Phi) is 3.52. The van der Waals surface area contributed by atoms with E-state index in [0.717, 1.165) is 6.42 Å². The third kappa shape index (κ3) is 2.11. The van der Waals surface area contributed by atoms with E-state index in [0.29, 0.717) is 22.8 Å². The summed E-state index contributed by atoms with van der Waals surface area (Å²) in [5, 5.41) is 7.05. The van der Waals surface area contributed by atoms with Crippen molar-refractivity contribution in [2.24, 2.45) is 0 Å². The van der Waals surface area contributed by atoms with Crippen LogP contribution in [-0.4, -0.2) is 31.9 Å². The van der Waals surface area contributed by atoms with Crippen molar-refractivity contribution in [3.8, 4) is 0 Å². The van der Waals surface area contributed by atoms with E-state index < -0.39 is 6.04 Å². The molecule has 1 aromatic heterocycles. The molecule has 6 heteroatoms. The number of nitrogens with one attached hydrogen (secondary N) is 1. The van der Waals surface area contributed by atoms with Crippen molar-refractivity contribution in [1.82, 2.24) is 20.1 Å². The number of imide groups is 1. The summed E-state index contributed by atoms with van der Waals surface area (Å²) >= 11 is 0. The zero-order valence-corrected chi connectivity index (χ0v) is 12.8. The van der Waals surface area contributed by atoms with Crippen LogP contribution in [0.3, 0.4) is 0 Å². The first kappa shape index (κ1) is 14.4. The quantitative estimate of drug-likeness (QED) is 0.880. The second-order valence-corrected chi connectivity index (χ2v) is 5.59. The third-order valence-electron chi connectivity index (χ3n) is 4.18. The molecule has 2 atom stereocenters. The van der Waals surface area contributed by atoms with Crippen molar-refractivity contribution in [2.75, 3.05) is 0 Å². The highest BCUT2D eigenvalue weighted by molar-refractivity contribution is 6.21. The summed E-state index contributed by atoms with van der Waals surface area (Å²) in [6.07, 6.45) is 0.929. The fraction of sp³-hybridized carbons (Fsp3) is 0.375. The summed E-state index contributed by atoms with van der Waals surface area (Å²) in [6.45, 7) is 5.89. The first-order valence-corrected chi connectivity index (χ1v) is 7.43. The van der Waals surface area contributed by atoms with E-state index in [9.17, 15) is 9.59 Å². The lowest BCUT2D eigenvalue weighted by atomic mass is 10.1. The molecule has 6 nitrogen and oxygen atoms in total. The fourth-order valence-electron chi connectivity index (χ4n) is 2.56. The van der Waals surface area contributed by atoms with Crippen molar-refractivity contribution < 1.29 is 9.59 Å². The number of rotatable bonds is 4. The zero-order valence-electron chi connectivity index (χ0n) is 12.8. The molecule has 2 amide bonds. The molecule has 0 fully saturated rings. The maximum atomic E-state index is 12.5. The summed E-state index contributed by atoms with van der Waals surface area (Å²) < 4.78 is 0. The van der Waals surface area contributed by atoms with Gasteiger partial charge in [0, 0.05) is 5.92 Å². The van der Waals surface area contributed by atoms with Gasteiger partial charge in [0.05, 0.1) is 17.2 Å². The number of hydrogen-bond acceptors (Lipinski definition) is 4. The first-order valence-electron chi connectivity index (χ1n) is 7.43. The predicted molar refractivity (Wildman–Crippen MR) is 80.4 cm³/mol. The van der Waals surface area contributed by atoms with Crippen LogP contribution in [0.2, 0.25) is 0 Å². The predicted octanol–water partition coefficient (Wildman–Crippen LogP) is 2.68. The Hall–Kier alpha value is -2.50. The van der Waals surface area contributed by atoms with Crippen molar-refractivity contribution in [1.29, 1.82) is 0 Å². The molecule has 0 bridgehead atoms. The van der Waals surface area contributed by atoms with Gasteiger partial charge in [-0.1, -0.05) is 26.0 Å². The Bertz CT molecular complexity index is 702. The highest BCUT2D eigenvalue weighted by Crippen LogP contribution is 2.30. The summed E-state index contributed by atoms with van der Waals surface area (Å²) in [5.41, 5.74) is 0.891. The smallest absolute Gasteiger partial charge is 0.262 e. The lowest BCUT2D eigenvalue weighted by Gasteiger charge is -2.20. The Morgan fingerprint density at radius 1 is 1.14 bits per heavy atom. The molecule has 1 aromatic carbocycles. The maximum Gasteiger partial charge on any atom is 0.262 e. The fourth-order valence-corrected chi connectivity index (χ4v) is 2.56. The molecule has 0 saturated carbocycles. The Balaban J connectivity index is 1.90. The topological polar surface area (TPSA) is 79.0 Å². The minimum absolute atomic E-state index is 0.236. The zero-order chi connectivity index (χ0) is 15.9. The van der Waals surface area contributed by atoms with Crippen LogP contribution in [0.15, 0.2) is 24.3 Å². The summed E-state index contributed by atoms with van der Waals surface area (Å²) in [7, 11) is 0. The molecule has 1 N–H and O–H groups in total. The lowest BCUT2D eigenvalue weighted by Crippen LogP contribution is -2.33. The van der Waals surface area contributed by atoms with Crippen LogP contribution >= 0.6 is 0 Å². The van der Waals surface area contributed by atoms with Crippen LogP contribution in [0.1, 0.15) is 71.5 Å². The third-order valence-corrected chi connectivity index (χ3v) is 4.18. The molecule has 1 aliphatic rings. The number of aromatic nitrogens is 3. The molecule has 3 rings (SSSR count). The van der Waals surface area contributed by atoms with Crippen LogP contribution < -0.4 is 0 Å². The summed E-state index contributed by atoms with van der Waals surface area (Å²) in [5.74, 6) is 0.911. The number of amides is 2. The van der Waals surface area contributed by atoms with Gasteiger partial charge in [-0.2, -0.15) is 5.10 Å². The Morgan fingerprint density at radius 2 is 1.73 bits per heavy atom. The van der Waals surface area contributed by atoms with Crippen molar-refractivity contribution >= 4 is 11.8 Å². The van der Waals surface area contributed by atoms with Crippen molar-refractivity contribution in [3.05, 3.63) is 47.0 Å². The van der Waals surface area contributed by atoms with Gasteiger partial charge in [-0.05, 0) is 25.5 Å². The molecule has 2 aromatic rings. The van der Waals surface area contributed by atoms with Gasteiger partial charge in [-0.3, -0.25) is 19.6 Å². The van der Waals surface area contributed by atoms with Crippen molar-refractivity contribution in [2.45, 2.75) is 39.2 Å². The van der Waals surface area contributed by atoms with E-state index in [-0.39, 0.29) is 17.7 Å². The SMILES string of the molecule is CC[C@@H](C)c1n[nH]c([C@@H](C)N2C(=O)c3ccccc3C2=O)n1. The van der Waals surface area contributed by atoms with Gasteiger partial charge in [0.2, 0.25) is 0 Å².